The van der Waals surface area contributed by atoms with Gasteiger partial charge in [-0.1, -0.05) is 53.2 Å². The first-order valence-electron chi connectivity index (χ1n) is 23.1. The van der Waals surface area contributed by atoms with Crippen molar-refractivity contribution >= 4 is 5.97 Å². The molecule has 8 rings (SSSR count). The highest BCUT2D eigenvalue weighted by molar-refractivity contribution is 5.76. The van der Waals surface area contributed by atoms with Crippen LogP contribution in [0, 0.1) is 50.2 Å². The third-order valence-corrected chi connectivity index (χ3v) is 18.7. The zero-order valence-electron chi connectivity index (χ0n) is 37.5. The summed E-state index contributed by atoms with van der Waals surface area (Å²) in [6.07, 6.45) is -9.19. The summed E-state index contributed by atoms with van der Waals surface area (Å²) < 4.78 is 36.0. The summed E-state index contributed by atoms with van der Waals surface area (Å²) in [4.78, 5) is 13.1. The van der Waals surface area contributed by atoms with E-state index in [-0.39, 0.29) is 59.2 Å². The fourth-order valence-electron chi connectivity index (χ4n) is 14.5. The number of carboxylic acids is 1. The van der Waals surface area contributed by atoms with Crippen LogP contribution in [0.15, 0.2) is 11.6 Å². The summed E-state index contributed by atoms with van der Waals surface area (Å²) in [5, 5.41) is 97.4. The number of ether oxygens (including phenoxy) is 6. The normalized spacial score (nSPS) is 55.1. The number of allylic oxidation sites excluding steroid dienone is 2. The van der Waals surface area contributed by atoms with Gasteiger partial charge in [0.2, 0.25) is 0 Å². The van der Waals surface area contributed by atoms with Crippen molar-refractivity contribution in [2.75, 3.05) is 19.8 Å². The van der Waals surface area contributed by atoms with Crippen LogP contribution < -0.4 is 0 Å². The summed E-state index contributed by atoms with van der Waals surface area (Å²) in [7, 11) is 0. The van der Waals surface area contributed by atoms with Gasteiger partial charge in [0.25, 0.3) is 0 Å². The SMILES string of the molecule is C[C@H]1O[C@@H](O[C@H]2[C@H](O[C@H]3CC[C@@]4(C)C(CC[C@]5(C)C4CC=C4C6CC(C)(C)CC[C@]6(C(=O)O)CCC45C)[C@@]3(C)CO)OC[C@H](O)[C@H]2O)[C@H](O)[C@H](O[C@@H]2OC[C@@H](O)[C@@H](O)[C@H]2O)[C@H]1O. The van der Waals surface area contributed by atoms with Crippen molar-refractivity contribution in [1.29, 1.82) is 0 Å². The quantitative estimate of drug-likeness (QED) is 0.125. The van der Waals surface area contributed by atoms with Crippen LogP contribution >= 0.6 is 0 Å². The molecule has 5 aliphatic carbocycles. The van der Waals surface area contributed by atoms with E-state index in [1.807, 2.05) is 0 Å². The number of aliphatic hydroxyl groups excluding tert-OH is 8. The molecular formula is C46H74O16. The smallest absolute Gasteiger partial charge is 0.310 e. The molecule has 0 aromatic heterocycles. The van der Waals surface area contributed by atoms with Gasteiger partial charge < -0.3 is 74.4 Å². The molecule has 3 aliphatic heterocycles. The molecule has 3 heterocycles. The van der Waals surface area contributed by atoms with Crippen molar-refractivity contribution in [3.63, 3.8) is 0 Å². The van der Waals surface area contributed by atoms with Crippen LogP contribution in [-0.4, -0.2) is 158 Å². The average molecular weight is 883 g/mol. The standard InChI is InChI=1S/C46H74O16/c1-22-30(50)35(61-37-33(53)31(51)25(48)19-57-37)34(54)38(59-22)62-36-32(52)26(49)20-58-39(36)60-29-11-12-42(4)27(43(29,5)21-47)10-13-45(7)28(42)9-8-23-24-18-41(2,3)14-16-46(24,40(55)56)17-15-44(23,45)6/h8,22,24-39,47-54H,9-21H2,1-7H3,(H,55,56)/t22-,24?,25-,26+,27?,28?,29+,30+,31-,32-,33-,34-,35-,36-,37+,38+,39+,42+,43-,44?,45-,46+/m1/s1. The molecule has 0 bridgehead atoms. The summed E-state index contributed by atoms with van der Waals surface area (Å²) in [5.74, 6) is -0.342. The van der Waals surface area contributed by atoms with E-state index in [1.54, 1.807) is 0 Å². The Kier molecular flexibility index (Phi) is 12.5. The molecule has 22 atom stereocenters. The average Bonchev–Trinajstić information content (AvgIpc) is 3.21. The Morgan fingerprint density at radius 1 is 0.710 bits per heavy atom. The molecule has 8 aliphatic rings. The van der Waals surface area contributed by atoms with Gasteiger partial charge in [0.05, 0.1) is 37.4 Å². The first kappa shape index (κ1) is 47.2. The van der Waals surface area contributed by atoms with Crippen LogP contribution in [0.5, 0.6) is 0 Å². The Labute approximate surface area is 364 Å². The molecule has 16 nitrogen and oxygen atoms in total. The van der Waals surface area contributed by atoms with Gasteiger partial charge in [-0.05, 0) is 111 Å². The first-order valence-corrected chi connectivity index (χ1v) is 23.1. The monoisotopic (exact) mass is 882 g/mol. The number of aliphatic hydroxyl groups is 8. The Bertz CT molecular complexity index is 1690. The van der Waals surface area contributed by atoms with Crippen molar-refractivity contribution in [3.05, 3.63) is 11.6 Å². The van der Waals surface area contributed by atoms with Gasteiger partial charge in [0, 0.05) is 5.41 Å². The first-order chi connectivity index (χ1) is 29.0. The second-order valence-corrected chi connectivity index (χ2v) is 22.4. The van der Waals surface area contributed by atoms with Gasteiger partial charge in [0.1, 0.15) is 54.9 Å². The molecule has 0 amide bonds. The predicted molar refractivity (Wildman–Crippen MR) is 219 cm³/mol. The molecule has 3 saturated heterocycles. The number of hydrogen-bond acceptors (Lipinski definition) is 15. The molecule has 4 saturated carbocycles. The van der Waals surface area contributed by atoms with Crippen LogP contribution in [0.1, 0.15) is 113 Å². The van der Waals surface area contributed by atoms with Crippen LogP contribution in [0.2, 0.25) is 0 Å². The highest BCUT2D eigenvalue weighted by Gasteiger charge is 2.70. The fraction of sp³-hybridized carbons (Fsp3) is 0.935. The summed E-state index contributed by atoms with van der Waals surface area (Å²) in [6.45, 7) is 14.5. The zero-order valence-corrected chi connectivity index (χ0v) is 37.5. The number of rotatable bonds is 8. The Morgan fingerprint density at radius 3 is 2.03 bits per heavy atom. The van der Waals surface area contributed by atoms with E-state index in [4.69, 9.17) is 28.4 Å². The van der Waals surface area contributed by atoms with Gasteiger partial charge in [0.15, 0.2) is 18.9 Å². The molecule has 62 heavy (non-hydrogen) atoms. The minimum Gasteiger partial charge on any atom is -0.481 e. The lowest BCUT2D eigenvalue weighted by atomic mass is 9.33. The van der Waals surface area contributed by atoms with E-state index >= 15 is 0 Å². The molecule has 0 aromatic carbocycles. The lowest BCUT2D eigenvalue weighted by molar-refractivity contribution is -0.379. The summed E-state index contributed by atoms with van der Waals surface area (Å²) in [5.41, 5.74) is -0.519. The maximum Gasteiger partial charge on any atom is 0.310 e. The number of hydrogen-bond donors (Lipinski definition) is 9. The van der Waals surface area contributed by atoms with Crippen molar-refractivity contribution in [3.8, 4) is 0 Å². The Morgan fingerprint density at radius 2 is 1.35 bits per heavy atom. The Hall–Kier alpha value is -1.35. The molecular weight excluding hydrogens is 808 g/mol. The van der Waals surface area contributed by atoms with E-state index in [9.17, 15) is 50.8 Å². The number of carbonyl (C=O) groups is 1. The van der Waals surface area contributed by atoms with Gasteiger partial charge >= 0.3 is 5.97 Å². The molecule has 354 valence electrons. The molecule has 4 unspecified atom stereocenters. The topological polar surface area (TPSA) is 255 Å². The number of carboxylic acid groups (broad SMARTS) is 1. The number of aliphatic carboxylic acids is 1. The maximum atomic E-state index is 13.1. The van der Waals surface area contributed by atoms with E-state index in [0.717, 1.165) is 44.9 Å². The minimum absolute atomic E-state index is 0.00631. The fourth-order valence-corrected chi connectivity index (χ4v) is 14.5. The van der Waals surface area contributed by atoms with Crippen molar-refractivity contribution in [2.24, 2.45) is 50.2 Å². The minimum atomic E-state index is -1.73. The van der Waals surface area contributed by atoms with Gasteiger partial charge in [-0.15, -0.1) is 0 Å². The third kappa shape index (κ3) is 7.19. The summed E-state index contributed by atoms with van der Waals surface area (Å²) in [6, 6.07) is 0. The van der Waals surface area contributed by atoms with Crippen molar-refractivity contribution in [1.82, 2.24) is 0 Å². The van der Waals surface area contributed by atoms with Crippen LogP contribution in [0.3, 0.4) is 0 Å². The van der Waals surface area contributed by atoms with Crippen LogP contribution in [0.25, 0.3) is 0 Å². The molecule has 9 N–H and O–H groups in total. The summed E-state index contributed by atoms with van der Waals surface area (Å²) >= 11 is 0. The van der Waals surface area contributed by atoms with Gasteiger partial charge in [-0.3, -0.25) is 4.79 Å². The maximum absolute atomic E-state index is 13.1. The Balaban J connectivity index is 1.02. The zero-order chi connectivity index (χ0) is 45.1. The van der Waals surface area contributed by atoms with E-state index in [1.165, 1.54) is 12.5 Å². The van der Waals surface area contributed by atoms with Gasteiger partial charge in [-0.25, -0.2) is 0 Å². The highest BCUT2D eigenvalue weighted by Crippen LogP contribution is 2.76. The number of fused-ring (bicyclic) bond motifs is 7. The molecule has 0 radical (unpaired) electrons. The third-order valence-electron chi connectivity index (χ3n) is 18.7. The van der Waals surface area contributed by atoms with Crippen molar-refractivity contribution < 1.29 is 79.2 Å². The van der Waals surface area contributed by atoms with Crippen molar-refractivity contribution in [2.45, 2.75) is 199 Å². The molecule has 7 fully saturated rings. The molecule has 16 heteroatoms. The highest BCUT2D eigenvalue weighted by atomic mass is 16.8. The predicted octanol–water partition coefficient (Wildman–Crippen LogP) is 1.98. The lowest BCUT2D eigenvalue weighted by Crippen LogP contribution is -2.67. The molecule has 0 spiro atoms. The second-order valence-electron chi connectivity index (χ2n) is 22.4. The molecule has 0 aromatic rings. The second kappa shape index (κ2) is 16.5. The van der Waals surface area contributed by atoms with Crippen LogP contribution in [-0.2, 0) is 33.2 Å². The largest absolute Gasteiger partial charge is 0.481 e. The van der Waals surface area contributed by atoms with E-state index in [2.05, 4.69) is 47.6 Å². The van der Waals surface area contributed by atoms with E-state index in [0.29, 0.717) is 19.3 Å². The lowest BCUT2D eigenvalue weighted by Gasteiger charge is -2.71. The van der Waals surface area contributed by atoms with Crippen LogP contribution in [0.4, 0.5) is 0 Å². The van der Waals surface area contributed by atoms with E-state index < -0.39 is 103 Å². The van der Waals surface area contributed by atoms with Gasteiger partial charge in [-0.2, -0.15) is 0 Å².